The quantitative estimate of drug-likeness (QED) is 0.553. The number of urea groups is 1. The highest BCUT2D eigenvalue weighted by atomic mass is 32.1. The van der Waals surface area contributed by atoms with E-state index in [0.717, 1.165) is 36.0 Å². The van der Waals surface area contributed by atoms with Gasteiger partial charge >= 0.3 is 6.03 Å². The molecule has 1 unspecified atom stereocenters. The minimum atomic E-state index is -0.453. The summed E-state index contributed by atoms with van der Waals surface area (Å²) >= 11 is 1.38. The minimum Gasteiger partial charge on any atom is -0.369 e. The first-order valence-corrected chi connectivity index (χ1v) is 9.61. The summed E-state index contributed by atoms with van der Waals surface area (Å²) in [5.74, 6) is -0.453. The van der Waals surface area contributed by atoms with E-state index in [9.17, 15) is 9.59 Å². The molecule has 1 saturated heterocycles. The number of fused-ring (bicyclic) bond motifs is 1. The first kappa shape index (κ1) is 17.3. The second-order valence-corrected chi connectivity index (χ2v) is 7.38. The van der Waals surface area contributed by atoms with E-state index in [4.69, 9.17) is 5.73 Å². The van der Waals surface area contributed by atoms with Crippen LogP contribution in [0.15, 0.2) is 36.0 Å². The van der Waals surface area contributed by atoms with Crippen molar-refractivity contribution in [1.82, 2.24) is 15.3 Å². The van der Waals surface area contributed by atoms with Gasteiger partial charge in [-0.15, -0.1) is 11.3 Å². The maximum Gasteiger partial charge on any atom is 0.321 e. The molecular formula is C18H20N6O2S. The number of piperidine rings is 1. The number of thiazole rings is 1. The number of rotatable bonds is 4. The monoisotopic (exact) mass is 384 g/mol. The third-order valence-corrected chi connectivity index (χ3v) is 5.40. The number of hydrogen-bond acceptors (Lipinski definition) is 5. The van der Waals surface area contributed by atoms with E-state index in [1.807, 2.05) is 23.7 Å². The maximum atomic E-state index is 12.2. The van der Waals surface area contributed by atoms with Crippen molar-refractivity contribution < 1.29 is 9.59 Å². The fourth-order valence-electron chi connectivity index (χ4n) is 3.54. The normalized spacial score (nSPS) is 17.0. The van der Waals surface area contributed by atoms with Gasteiger partial charge in [0.05, 0.1) is 11.1 Å². The van der Waals surface area contributed by atoms with Crippen molar-refractivity contribution in [3.8, 4) is 0 Å². The Labute approximate surface area is 159 Å². The molecule has 1 atom stereocenters. The van der Waals surface area contributed by atoms with Crippen LogP contribution in [-0.4, -0.2) is 41.0 Å². The van der Waals surface area contributed by atoms with Crippen LogP contribution < -0.4 is 21.3 Å². The fraction of sp³-hybridized carbons (Fsp3) is 0.278. The number of amides is 3. The molecule has 3 aromatic rings. The van der Waals surface area contributed by atoms with E-state index in [1.165, 1.54) is 11.3 Å². The summed E-state index contributed by atoms with van der Waals surface area (Å²) in [6.45, 7) is 1.59. The number of H-pyrrole nitrogens is 1. The molecule has 1 aromatic carbocycles. The zero-order valence-corrected chi connectivity index (χ0v) is 15.4. The summed E-state index contributed by atoms with van der Waals surface area (Å²) in [6, 6.07) is 5.41. The van der Waals surface area contributed by atoms with Crippen molar-refractivity contribution in [2.45, 2.75) is 18.9 Å². The van der Waals surface area contributed by atoms with Crippen LogP contribution in [0.3, 0.4) is 0 Å². The molecule has 8 nitrogen and oxygen atoms in total. The van der Waals surface area contributed by atoms with Gasteiger partial charge in [0.2, 0.25) is 0 Å². The molecule has 3 heterocycles. The Balaban J connectivity index is 1.49. The second-order valence-electron chi connectivity index (χ2n) is 6.48. The molecule has 4 rings (SSSR count). The summed E-state index contributed by atoms with van der Waals surface area (Å²) in [4.78, 5) is 33.2. The van der Waals surface area contributed by atoms with Crippen molar-refractivity contribution in [3.05, 3.63) is 41.5 Å². The Kier molecular flexibility index (Phi) is 4.68. The van der Waals surface area contributed by atoms with E-state index in [2.05, 4.69) is 25.5 Å². The number of benzene rings is 1. The summed E-state index contributed by atoms with van der Waals surface area (Å²) in [5, 5.41) is 9.13. The van der Waals surface area contributed by atoms with Gasteiger partial charge in [-0.3, -0.25) is 10.1 Å². The molecule has 140 valence electrons. The molecule has 9 heteroatoms. The van der Waals surface area contributed by atoms with E-state index >= 15 is 0 Å². The first-order valence-electron chi connectivity index (χ1n) is 8.73. The van der Waals surface area contributed by atoms with Crippen molar-refractivity contribution in [2.75, 3.05) is 23.3 Å². The predicted molar refractivity (Wildman–Crippen MR) is 106 cm³/mol. The number of nitrogens with two attached hydrogens (primary N) is 1. The SMILES string of the molecule is NC(=O)c1ccc(N2CCCC(NC(=O)Nc3nccs3)C2)c2cc[nH]c12. The number of nitrogens with one attached hydrogen (secondary N) is 3. The lowest BCUT2D eigenvalue weighted by atomic mass is 10.0. The number of anilines is 2. The number of nitrogens with zero attached hydrogens (tertiary/aromatic N) is 2. The highest BCUT2D eigenvalue weighted by Crippen LogP contribution is 2.30. The lowest BCUT2D eigenvalue weighted by Gasteiger charge is -2.35. The smallest absolute Gasteiger partial charge is 0.321 e. The van der Waals surface area contributed by atoms with E-state index < -0.39 is 5.91 Å². The van der Waals surface area contributed by atoms with Crippen molar-refractivity contribution in [3.63, 3.8) is 0 Å². The van der Waals surface area contributed by atoms with E-state index in [0.29, 0.717) is 17.2 Å². The Morgan fingerprint density at radius 2 is 2.22 bits per heavy atom. The molecule has 0 aliphatic carbocycles. The van der Waals surface area contributed by atoms with Crippen LogP contribution in [0.4, 0.5) is 15.6 Å². The van der Waals surface area contributed by atoms with Crippen LogP contribution >= 0.6 is 11.3 Å². The van der Waals surface area contributed by atoms with Gasteiger partial charge in [-0.1, -0.05) is 0 Å². The van der Waals surface area contributed by atoms with Gasteiger partial charge < -0.3 is 20.9 Å². The summed E-state index contributed by atoms with van der Waals surface area (Å²) in [6.07, 6.45) is 5.34. The van der Waals surface area contributed by atoms with E-state index in [-0.39, 0.29) is 12.1 Å². The van der Waals surface area contributed by atoms with Gasteiger partial charge in [0.25, 0.3) is 5.91 Å². The molecule has 5 N–H and O–H groups in total. The average Bonchev–Trinajstić information content (AvgIpc) is 3.32. The topological polar surface area (TPSA) is 116 Å². The highest BCUT2D eigenvalue weighted by Gasteiger charge is 2.24. The zero-order chi connectivity index (χ0) is 18.8. The Hall–Kier alpha value is -3.07. The molecule has 1 aliphatic heterocycles. The van der Waals surface area contributed by atoms with Crippen molar-refractivity contribution in [2.24, 2.45) is 5.73 Å². The van der Waals surface area contributed by atoms with Gasteiger partial charge in [-0.2, -0.15) is 0 Å². The number of carbonyl (C=O) groups is 2. The van der Waals surface area contributed by atoms with Crippen LogP contribution in [0.2, 0.25) is 0 Å². The standard InChI is InChI=1S/C18H20N6O2S/c19-16(25)13-3-4-14(12-5-6-20-15(12)13)24-8-1-2-11(10-24)22-17(26)23-18-21-7-9-27-18/h3-7,9,11,20H,1-2,8,10H2,(H2,19,25)(H2,21,22,23,26). The lowest BCUT2D eigenvalue weighted by molar-refractivity contribution is 0.100. The summed E-state index contributed by atoms with van der Waals surface area (Å²) in [5.41, 5.74) is 7.73. The number of carbonyl (C=O) groups excluding carboxylic acids is 2. The number of primary amides is 1. The van der Waals surface area contributed by atoms with Crippen molar-refractivity contribution in [1.29, 1.82) is 0 Å². The average molecular weight is 384 g/mol. The Bertz CT molecular complexity index is 968. The predicted octanol–water partition coefficient (Wildman–Crippen LogP) is 2.51. The molecule has 0 saturated carbocycles. The first-order chi connectivity index (χ1) is 13.1. The zero-order valence-electron chi connectivity index (χ0n) is 14.6. The largest absolute Gasteiger partial charge is 0.369 e. The maximum absolute atomic E-state index is 12.2. The number of aromatic amines is 1. The lowest BCUT2D eigenvalue weighted by Crippen LogP contribution is -2.49. The number of aromatic nitrogens is 2. The van der Waals surface area contributed by atoms with Crippen LogP contribution in [0, 0.1) is 0 Å². The third-order valence-electron chi connectivity index (χ3n) is 4.72. The molecule has 0 bridgehead atoms. The molecule has 2 aromatic heterocycles. The van der Waals surface area contributed by atoms with Gasteiger partial charge in [-0.05, 0) is 31.0 Å². The molecule has 0 spiro atoms. The van der Waals surface area contributed by atoms with Crippen LogP contribution in [0.25, 0.3) is 10.9 Å². The second kappa shape index (κ2) is 7.28. The van der Waals surface area contributed by atoms with Gasteiger partial charge in [0.1, 0.15) is 0 Å². The van der Waals surface area contributed by atoms with Crippen LogP contribution in [-0.2, 0) is 0 Å². The van der Waals surface area contributed by atoms with Gasteiger partial charge in [0.15, 0.2) is 5.13 Å². The van der Waals surface area contributed by atoms with Crippen LogP contribution in [0.5, 0.6) is 0 Å². The van der Waals surface area contributed by atoms with Gasteiger partial charge in [-0.25, -0.2) is 9.78 Å². The minimum absolute atomic E-state index is 0.0310. The molecule has 1 aliphatic rings. The van der Waals surface area contributed by atoms with E-state index in [1.54, 1.807) is 12.3 Å². The fourth-order valence-corrected chi connectivity index (χ4v) is 4.06. The van der Waals surface area contributed by atoms with Gasteiger partial charge in [0, 0.05) is 48.0 Å². The van der Waals surface area contributed by atoms with Crippen molar-refractivity contribution >= 4 is 45.0 Å². The summed E-state index contributed by atoms with van der Waals surface area (Å²) in [7, 11) is 0. The number of hydrogen-bond donors (Lipinski definition) is 4. The molecule has 3 amide bonds. The third kappa shape index (κ3) is 3.59. The Morgan fingerprint density at radius 1 is 1.33 bits per heavy atom. The molecular weight excluding hydrogens is 364 g/mol. The molecule has 27 heavy (non-hydrogen) atoms. The van der Waals surface area contributed by atoms with Crippen LogP contribution in [0.1, 0.15) is 23.2 Å². The highest BCUT2D eigenvalue weighted by molar-refractivity contribution is 7.13. The molecule has 1 fully saturated rings. The molecule has 0 radical (unpaired) electrons. The Morgan fingerprint density at radius 3 is 3.00 bits per heavy atom. The summed E-state index contributed by atoms with van der Waals surface area (Å²) < 4.78 is 0.